The van der Waals surface area contributed by atoms with Gasteiger partial charge in [-0.3, -0.25) is 4.79 Å². The largest absolute Gasteiger partial charge is 0.353 e. The molecule has 0 aliphatic heterocycles. The van der Waals surface area contributed by atoms with E-state index in [9.17, 15) is 9.59 Å². The van der Waals surface area contributed by atoms with Gasteiger partial charge in [0.05, 0.1) is 6.54 Å². The number of hydrogen-bond acceptors (Lipinski definition) is 3. The molecule has 0 radical (unpaired) electrons. The fraction of sp³-hybridized carbons (Fsp3) is 0.846. The van der Waals surface area contributed by atoms with Gasteiger partial charge in [0.15, 0.2) is 0 Å². The zero-order chi connectivity index (χ0) is 14.3. The van der Waals surface area contributed by atoms with Crippen LogP contribution >= 0.6 is 0 Å². The maximum Gasteiger partial charge on any atom is 0.315 e. The van der Waals surface area contributed by atoms with Gasteiger partial charge >= 0.3 is 6.03 Å². The molecule has 19 heavy (non-hydrogen) atoms. The molecule has 0 atom stereocenters. The molecule has 1 fully saturated rings. The monoisotopic (exact) mass is 270 g/mol. The summed E-state index contributed by atoms with van der Waals surface area (Å²) in [6, 6.07) is -0.0196. The Morgan fingerprint density at radius 1 is 1.16 bits per heavy atom. The fourth-order valence-corrected chi connectivity index (χ4v) is 2.03. The van der Waals surface area contributed by atoms with Gasteiger partial charge < -0.3 is 21.7 Å². The summed E-state index contributed by atoms with van der Waals surface area (Å²) in [5.41, 5.74) is 5.30. The minimum absolute atomic E-state index is 0.0192. The second kappa shape index (κ2) is 7.33. The van der Waals surface area contributed by atoms with Crippen molar-refractivity contribution in [2.24, 2.45) is 5.73 Å². The Labute approximate surface area is 114 Å². The Hall–Kier alpha value is -1.30. The van der Waals surface area contributed by atoms with Crippen molar-refractivity contribution in [1.82, 2.24) is 16.0 Å². The van der Waals surface area contributed by atoms with E-state index in [0.29, 0.717) is 6.54 Å². The van der Waals surface area contributed by atoms with E-state index in [4.69, 9.17) is 5.73 Å². The van der Waals surface area contributed by atoms with Crippen LogP contribution in [0, 0.1) is 0 Å². The van der Waals surface area contributed by atoms with Crippen molar-refractivity contribution < 1.29 is 9.59 Å². The average molecular weight is 270 g/mol. The maximum atomic E-state index is 11.6. The number of amides is 3. The van der Waals surface area contributed by atoms with E-state index in [2.05, 4.69) is 16.0 Å². The Kier molecular flexibility index (Phi) is 6.08. The van der Waals surface area contributed by atoms with Crippen LogP contribution in [0.15, 0.2) is 0 Å². The smallest absolute Gasteiger partial charge is 0.315 e. The minimum atomic E-state index is -0.444. The Balaban J connectivity index is 2.13. The number of urea groups is 1. The lowest BCUT2D eigenvalue weighted by Crippen LogP contribution is -2.49. The van der Waals surface area contributed by atoms with Crippen LogP contribution in [0.4, 0.5) is 4.79 Å². The molecule has 0 aromatic heterocycles. The summed E-state index contributed by atoms with van der Waals surface area (Å²) >= 11 is 0. The van der Waals surface area contributed by atoms with E-state index in [1.807, 2.05) is 13.8 Å². The molecule has 6 nitrogen and oxygen atoms in total. The zero-order valence-electron chi connectivity index (χ0n) is 11.9. The normalized spacial score (nSPS) is 16.8. The standard InChI is InChI=1S/C13H26N4O2/c1-13(2,14)9-16-11(18)8-15-12(19)17-10-6-4-3-5-7-10/h10H,3-9,14H2,1-2H3,(H,16,18)(H2,15,17,19). The topological polar surface area (TPSA) is 96.2 Å². The van der Waals surface area contributed by atoms with E-state index in [0.717, 1.165) is 25.7 Å². The molecule has 1 aliphatic carbocycles. The molecule has 6 heteroatoms. The molecule has 1 saturated carbocycles. The summed E-state index contributed by atoms with van der Waals surface area (Å²) < 4.78 is 0. The lowest BCUT2D eigenvalue weighted by Gasteiger charge is -2.23. The van der Waals surface area contributed by atoms with Gasteiger partial charge in [0, 0.05) is 18.1 Å². The second-order valence-corrected chi connectivity index (χ2v) is 5.93. The van der Waals surface area contributed by atoms with Crippen molar-refractivity contribution in [1.29, 1.82) is 0 Å². The Morgan fingerprint density at radius 3 is 2.37 bits per heavy atom. The van der Waals surface area contributed by atoms with E-state index in [1.54, 1.807) is 0 Å². The summed E-state index contributed by atoms with van der Waals surface area (Å²) in [5.74, 6) is -0.225. The summed E-state index contributed by atoms with van der Waals surface area (Å²) in [4.78, 5) is 23.1. The first kappa shape index (κ1) is 15.8. The molecular formula is C13H26N4O2. The van der Waals surface area contributed by atoms with Crippen LogP contribution in [0.3, 0.4) is 0 Å². The molecule has 5 N–H and O–H groups in total. The lowest BCUT2D eigenvalue weighted by atomic mass is 9.96. The predicted octanol–water partition coefficient (Wildman–Crippen LogP) is 0.472. The molecule has 1 rings (SSSR count). The van der Waals surface area contributed by atoms with Crippen molar-refractivity contribution in [3.8, 4) is 0 Å². The van der Waals surface area contributed by atoms with Crippen molar-refractivity contribution in [3.05, 3.63) is 0 Å². The third-order valence-electron chi connectivity index (χ3n) is 3.09. The molecule has 110 valence electrons. The summed E-state index contributed by atoms with van der Waals surface area (Å²) in [6.07, 6.45) is 5.63. The molecule has 1 aliphatic rings. The number of carbonyl (C=O) groups excluding carboxylic acids is 2. The third kappa shape index (κ3) is 7.66. The SMILES string of the molecule is CC(C)(N)CNC(=O)CNC(=O)NC1CCCCC1. The van der Waals surface area contributed by atoms with Crippen LogP contribution in [0.25, 0.3) is 0 Å². The Bertz CT molecular complexity index is 306. The quantitative estimate of drug-likeness (QED) is 0.585. The van der Waals surface area contributed by atoms with Gasteiger partial charge in [-0.1, -0.05) is 19.3 Å². The molecule has 0 spiro atoms. The number of nitrogens with one attached hydrogen (secondary N) is 3. The first-order chi connectivity index (χ1) is 8.87. The predicted molar refractivity (Wildman–Crippen MR) is 74.7 cm³/mol. The number of hydrogen-bond donors (Lipinski definition) is 4. The van der Waals surface area contributed by atoms with E-state index < -0.39 is 5.54 Å². The molecular weight excluding hydrogens is 244 g/mol. The number of nitrogens with two attached hydrogens (primary N) is 1. The molecule has 0 unspecified atom stereocenters. The zero-order valence-corrected chi connectivity index (χ0v) is 11.9. The van der Waals surface area contributed by atoms with Crippen molar-refractivity contribution in [3.63, 3.8) is 0 Å². The highest BCUT2D eigenvalue weighted by atomic mass is 16.2. The molecule has 0 bridgehead atoms. The molecule has 0 heterocycles. The second-order valence-electron chi connectivity index (χ2n) is 5.93. The van der Waals surface area contributed by atoms with Crippen LogP contribution < -0.4 is 21.7 Å². The highest BCUT2D eigenvalue weighted by molar-refractivity contribution is 5.84. The fourth-order valence-electron chi connectivity index (χ4n) is 2.03. The molecule has 0 aromatic carbocycles. The average Bonchev–Trinajstić information content (AvgIpc) is 2.34. The maximum absolute atomic E-state index is 11.6. The van der Waals surface area contributed by atoms with Crippen molar-refractivity contribution in [2.45, 2.75) is 57.5 Å². The van der Waals surface area contributed by atoms with Gasteiger partial charge in [-0.15, -0.1) is 0 Å². The number of rotatable bonds is 5. The van der Waals surface area contributed by atoms with Crippen LogP contribution in [0.2, 0.25) is 0 Å². The molecule has 0 saturated heterocycles. The highest BCUT2D eigenvalue weighted by Gasteiger charge is 2.16. The summed E-state index contributed by atoms with van der Waals surface area (Å²) in [7, 11) is 0. The van der Waals surface area contributed by atoms with E-state index >= 15 is 0 Å². The first-order valence-corrected chi connectivity index (χ1v) is 6.97. The van der Waals surface area contributed by atoms with Gasteiger partial charge in [-0.05, 0) is 26.7 Å². The van der Waals surface area contributed by atoms with Crippen LogP contribution in [-0.4, -0.2) is 36.6 Å². The first-order valence-electron chi connectivity index (χ1n) is 6.97. The van der Waals surface area contributed by atoms with Crippen LogP contribution in [0.1, 0.15) is 46.0 Å². The van der Waals surface area contributed by atoms with Crippen molar-refractivity contribution >= 4 is 11.9 Å². The number of carbonyl (C=O) groups is 2. The van der Waals surface area contributed by atoms with Gasteiger partial charge in [0.1, 0.15) is 0 Å². The van der Waals surface area contributed by atoms with Crippen molar-refractivity contribution in [2.75, 3.05) is 13.1 Å². The Morgan fingerprint density at radius 2 is 1.79 bits per heavy atom. The van der Waals surface area contributed by atoms with Gasteiger partial charge in [-0.25, -0.2) is 4.79 Å². The minimum Gasteiger partial charge on any atom is -0.353 e. The van der Waals surface area contributed by atoms with E-state index in [1.165, 1.54) is 6.42 Å². The highest BCUT2D eigenvalue weighted by Crippen LogP contribution is 2.16. The summed E-state index contributed by atoms with van der Waals surface area (Å²) in [6.45, 7) is 4.03. The third-order valence-corrected chi connectivity index (χ3v) is 3.09. The van der Waals surface area contributed by atoms with Gasteiger partial charge in [0.2, 0.25) is 5.91 Å². The lowest BCUT2D eigenvalue weighted by molar-refractivity contribution is -0.120. The van der Waals surface area contributed by atoms with Crippen LogP contribution in [0.5, 0.6) is 0 Å². The molecule has 3 amide bonds. The van der Waals surface area contributed by atoms with Gasteiger partial charge in [-0.2, -0.15) is 0 Å². The van der Waals surface area contributed by atoms with Crippen LogP contribution in [-0.2, 0) is 4.79 Å². The molecule has 0 aromatic rings. The summed E-state index contributed by atoms with van der Waals surface area (Å²) in [5, 5.41) is 8.13. The van der Waals surface area contributed by atoms with E-state index in [-0.39, 0.29) is 24.5 Å². The van der Waals surface area contributed by atoms with Gasteiger partial charge in [0.25, 0.3) is 0 Å².